The number of fused-ring (bicyclic) bond motifs is 1. The van der Waals surface area contributed by atoms with Crippen LogP contribution in [0.5, 0.6) is 0 Å². The second-order valence-corrected chi connectivity index (χ2v) is 8.06. The van der Waals surface area contributed by atoms with Gasteiger partial charge in [-0.05, 0) is 53.9 Å². The minimum atomic E-state index is -0.979. The van der Waals surface area contributed by atoms with Crippen molar-refractivity contribution in [3.8, 4) is 17.9 Å². The fourth-order valence-electron chi connectivity index (χ4n) is 4.20. The lowest BCUT2D eigenvalue weighted by Crippen LogP contribution is -2.46. The van der Waals surface area contributed by atoms with E-state index in [9.17, 15) is 9.59 Å². The SMILES string of the molecule is CN1c2ccccc2C(=O)C(Cc2ccc(C(=O)O)cc2)C1C#CCc1cccc(C#N)c1. The number of carboxylic acids is 1. The molecule has 33 heavy (non-hydrogen) atoms. The number of anilines is 1. The number of carboxylic acid groups (broad SMARTS) is 1. The molecule has 4 rings (SSSR count). The van der Waals surface area contributed by atoms with Crippen molar-refractivity contribution in [2.24, 2.45) is 5.92 Å². The van der Waals surface area contributed by atoms with Gasteiger partial charge in [-0.25, -0.2) is 4.79 Å². The summed E-state index contributed by atoms with van der Waals surface area (Å²) in [4.78, 5) is 26.7. The minimum absolute atomic E-state index is 0.0387. The first-order valence-corrected chi connectivity index (χ1v) is 10.6. The predicted octanol–water partition coefficient (Wildman–Crippen LogP) is 4.36. The topological polar surface area (TPSA) is 81.4 Å². The number of nitriles is 1. The number of benzene rings is 3. The number of nitrogens with zero attached hydrogens (tertiary/aromatic N) is 2. The first kappa shape index (κ1) is 21.9. The summed E-state index contributed by atoms with van der Waals surface area (Å²) in [5.41, 5.74) is 4.17. The van der Waals surface area contributed by atoms with E-state index >= 15 is 0 Å². The van der Waals surface area contributed by atoms with Crippen LogP contribution in [0.3, 0.4) is 0 Å². The van der Waals surface area contributed by atoms with Crippen molar-refractivity contribution < 1.29 is 14.7 Å². The highest BCUT2D eigenvalue weighted by Crippen LogP contribution is 2.34. The van der Waals surface area contributed by atoms with E-state index < -0.39 is 11.9 Å². The molecule has 1 aliphatic heterocycles. The third-order valence-electron chi connectivity index (χ3n) is 5.94. The summed E-state index contributed by atoms with van der Waals surface area (Å²) in [6, 6.07) is 23.3. The van der Waals surface area contributed by atoms with E-state index in [1.54, 1.807) is 30.3 Å². The molecule has 1 N–H and O–H groups in total. The molecule has 0 saturated carbocycles. The Morgan fingerprint density at radius 1 is 1.03 bits per heavy atom. The molecule has 1 heterocycles. The number of hydrogen-bond acceptors (Lipinski definition) is 4. The molecule has 5 heteroatoms. The number of aromatic carboxylic acids is 1. The summed E-state index contributed by atoms with van der Waals surface area (Å²) in [6.45, 7) is 0. The van der Waals surface area contributed by atoms with Crippen molar-refractivity contribution in [2.45, 2.75) is 18.9 Å². The molecule has 3 aromatic carbocycles. The van der Waals surface area contributed by atoms with Crippen molar-refractivity contribution in [3.63, 3.8) is 0 Å². The van der Waals surface area contributed by atoms with Gasteiger partial charge in [0.15, 0.2) is 5.78 Å². The summed E-state index contributed by atoms with van der Waals surface area (Å²) in [5.74, 6) is 5.19. The van der Waals surface area contributed by atoms with Crippen LogP contribution >= 0.6 is 0 Å². The molecule has 0 bridgehead atoms. The monoisotopic (exact) mass is 434 g/mol. The van der Waals surface area contributed by atoms with Crippen molar-refractivity contribution in [2.75, 3.05) is 11.9 Å². The summed E-state index contributed by atoms with van der Waals surface area (Å²) < 4.78 is 0. The molecular formula is C28H22N2O3. The maximum atomic E-state index is 13.4. The lowest BCUT2D eigenvalue weighted by molar-refractivity contribution is 0.0696. The van der Waals surface area contributed by atoms with Gasteiger partial charge in [-0.1, -0.05) is 48.2 Å². The Morgan fingerprint density at radius 2 is 1.79 bits per heavy atom. The fourth-order valence-corrected chi connectivity index (χ4v) is 4.20. The van der Waals surface area contributed by atoms with Gasteiger partial charge in [0.1, 0.15) is 6.04 Å². The molecule has 0 saturated heterocycles. The standard InChI is InChI=1S/C28H22N2O3/c1-30-25-10-3-2-9-23(25)27(31)24(17-20-12-14-22(15-13-20)28(32)33)26(30)11-5-7-19-6-4-8-21(16-19)18-29/h2-4,6,8-10,12-16,24,26H,7,17H2,1H3,(H,32,33). The average molecular weight is 434 g/mol. The Kier molecular flexibility index (Phi) is 6.24. The van der Waals surface area contributed by atoms with Crippen molar-refractivity contribution in [1.82, 2.24) is 0 Å². The van der Waals surface area contributed by atoms with Crippen molar-refractivity contribution in [1.29, 1.82) is 5.26 Å². The van der Waals surface area contributed by atoms with E-state index in [0.29, 0.717) is 24.0 Å². The quantitative estimate of drug-likeness (QED) is 0.617. The number of carbonyl (C=O) groups is 2. The first-order chi connectivity index (χ1) is 16.0. The molecule has 0 fully saturated rings. The zero-order chi connectivity index (χ0) is 23.4. The normalized spacial score (nSPS) is 16.8. The molecule has 0 aromatic heterocycles. The Balaban J connectivity index is 1.65. The number of para-hydroxylation sites is 1. The van der Waals surface area contributed by atoms with E-state index in [0.717, 1.165) is 16.8 Å². The van der Waals surface area contributed by atoms with Gasteiger partial charge in [0.25, 0.3) is 0 Å². The molecular weight excluding hydrogens is 412 g/mol. The van der Waals surface area contributed by atoms with Gasteiger partial charge in [-0.15, -0.1) is 0 Å². The Hall–Kier alpha value is -4.35. The van der Waals surface area contributed by atoms with E-state index in [1.807, 2.05) is 54.4 Å². The number of rotatable bonds is 4. The molecule has 2 atom stereocenters. The fraction of sp³-hybridized carbons (Fsp3) is 0.179. The summed E-state index contributed by atoms with van der Waals surface area (Å²) in [5, 5.41) is 18.3. The van der Waals surface area contributed by atoms with E-state index in [4.69, 9.17) is 10.4 Å². The second kappa shape index (κ2) is 9.42. The molecule has 0 aliphatic carbocycles. The Morgan fingerprint density at radius 3 is 2.52 bits per heavy atom. The maximum Gasteiger partial charge on any atom is 0.335 e. The maximum absolute atomic E-state index is 13.4. The van der Waals surface area contributed by atoms with Crippen molar-refractivity contribution in [3.05, 3.63) is 101 Å². The largest absolute Gasteiger partial charge is 0.478 e. The van der Waals surface area contributed by atoms with Gasteiger partial charge >= 0.3 is 5.97 Å². The zero-order valence-electron chi connectivity index (χ0n) is 18.2. The van der Waals surface area contributed by atoms with E-state index in [-0.39, 0.29) is 17.4 Å². The second-order valence-electron chi connectivity index (χ2n) is 8.06. The molecule has 5 nitrogen and oxygen atoms in total. The van der Waals surface area contributed by atoms with Gasteiger partial charge in [0, 0.05) is 24.7 Å². The zero-order valence-corrected chi connectivity index (χ0v) is 18.2. The van der Waals surface area contributed by atoms with E-state index in [1.165, 1.54) is 0 Å². The number of Topliss-reactive ketones (excluding diaryl/α,β-unsaturated/α-hetero) is 1. The predicted molar refractivity (Wildman–Crippen MR) is 126 cm³/mol. The molecule has 162 valence electrons. The molecule has 3 aromatic rings. The van der Waals surface area contributed by atoms with Gasteiger partial charge in [-0.3, -0.25) is 4.79 Å². The van der Waals surface area contributed by atoms with Gasteiger partial charge in [0.05, 0.1) is 23.1 Å². The van der Waals surface area contributed by atoms with Gasteiger partial charge in [-0.2, -0.15) is 5.26 Å². The van der Waals surface area contributed by atoms with Crippen LogP contribution in [0.4, 0.5) is 5.69 Å². The van der Waals surface area contributed by atoms with Crippen LogP contribution < -0.4 is 4.90 Å². The highest BCUT2D eigenvalue weighted by atomic mass is 16.4. The van der Waals surface area contributed by atoms with Crippen LogP contribution in [-0.4, -0.2) is 29.9 Å². The van der Waals surface area contributed by atoms with Crippen molar-refractivity contribution >= 4 is 17.4 Å². The summed E-state index contributed by atoms with van der Waals surface area (Å²) in [6.07, 6.45) is 0.941. The first-order valence-electron chi connectivity index (χ1n) is 10.6. The number of ketones is 1. The summed E-state index contributed by atoms with van der Waals surface area (Å²) in [7, 11) is 1.95. The molecule has 0 radical (unpaired) electrons. The van der Waals surface area contributed by atoms with Crippen LogP contribution in [0.2, 0.25) is 0 Å². The lowest BCUT2D eigenvalue weighted by Gasteiger charge is -2.38. The van der Waals surface area contributed by atoms with Gasteiger partial charge in [0.2, 0.25) is 0 Å². The molecule has 0 spiro atoms. The highest BCUT2D eigenvalue weighted by Gasteiger charge is 2.37. The Labute approximate surface area is 192 Å². The minimum Gasteiger partial charge on any atom is -0.478 e. The highest BCUT2D eigenvalue weighted by molar-refractivity contribution is 6.05. The number of hydrogen-bond donors (Lipinski definition) is 1. The van der Waals surface area contributed by atoms with Crippen LogP contribution in [0.15, 0.2) is 72.8 Å². The van der Waals surface area contributed by atoms with Crippen LogP contribution in [-0.2, 0) is 12.8 Å². The van der Waals surface area contributed by atoms with Crippen LogP contribution in [0.25, 0.3) is 0 Å². The smallest absolute Gasteiger partial charge is 0.335 e. The lowest BCUT2D eigenvalue weighted by atomic mass is 9.81. The Bertz CT molecular complexity index is 1310. The van der Waals surface area contributed by atoms with Crippen LogP contribution in [0.1, 0.15) is 37.4 Å². The molecule has 1 aliphatic rings. The third-order valence-corrected chi connectivity index (χ3v) is 5.94. The molecule has 2 unspecified atom stereocenters. The third kappa shape index (κ3) is 4.63. The van der Waals surface area contributed by atoms with Crippen LogP contribution in [0, 0.1) is 29.1 Å². The summed E-state index contributed by atoms with van der Waals surface area (Å²) >= 11 is 0. The number of carbonyl (C=O) groups excluding carboxylic acids is 1. The average Bonchev–Trinajstić information content (AvgIpc) is 2.84. The molecule has 0 amide bonds. The van der Waals surface area contributed by atoms with E-state index in [2.05, 4.69) is 17.9 Å². The van der Waals surface area contributed by atoms with Gasteiger partial charge < -0.3 is 10.0 Å².